The van der Waals surface area contributed by atoms with Gasteiger partial charge in [0, 0.05) is 44.0 Å². The molecule has 3 aromatic carbocycles. The molecule has 190 valence electrons. The highest BCUT2D eigenvalue weighted by molar-refractivity contribution is 8.02. The number of carbonyl (C=O) groups excluding carboxylic acids is 2. The van der Waals surface area contributed by atoms with Gasteiger partial charge in [-0.3, -0.25) is 29.2 Å². The molecule has 0 bridgehead atoms. The van der Waals surface area contributed by atoms with E-state index in [0.29, 0.717) is 18.1 Å². The monoisotopic (exact) mass is 514 g/mol. The van der Waals surface area contributed by atoms with Crippen molar-refractivity contribution in [1.82, 2.24) is 9.80 Å². The molecular weight excluding hydrogens is 484 g/mol. The number of thioether (sulfide) groups is 1. The smallest absolute Gasteiger partial charge is 0.269 e. The Labute approximate surface area is 221 Å². The number of methoxy groups -OCH3 is 1. The predicted octanol–water partition coefficient (Wildman–Crippen LogP) is 3.75. The Hall–Kier alpha value is -3.33. The van der Waals surface area contributed by atoms with E-state index in [2.05, 4.69) is 34.1 Å². The van der Waals surface area contributed by atoms with Crippen LogP contribution in [0.25, 0.3) is 0 Å². The Bertz CT molecular complexity index is 1290. The third-order valence-electron chi connectivity index (χ3n) is 7.45. The molecule has 0 aliphatic carbocycles. The summed E-state index contributed by atoms with van der Waals surface area (Å²) >= 11 is 1.42. The van der Waals surface area contributed by atoms with Gasteiger partial charge in [-0.2, -0.15) is 0 Å². The van der Waals surface area contributed by atoms with Gasteiger partial charge in [0.1, 0.15) is 5.75 Å². The lowest BCUT2D eigenvalue weighted by atomic mass is 10.0. The number of amides is 2. The molecule has 0 aromatic heterocycles. The Kier molecular flexibility index (Phi) is 6.40. The number of para-hydroxylation sites is 1. The zero-order valence-electron chi connectivity index (χ0n) is 20.9. The molecule has 2 saturated heterocycles. The van der Waals surface area contributed by atoms with E-state index < -0.39 is 4.87 Å². The van der Waals surface area contributed by atoms with Crippen LogP contribution in [0.4, 0.5) is 11.4 Å². The van der Waals surface area contributed by atoms with Gasteiger partial charge < -0.3 is 4.74 Å². The van der Waals surface area contributed by atoms with E-state index in [1.807, 2.05) is 59.5 Å². The summed E-state index contributed by atoms with van der Waals surface area (Å²) in [6.45, 7) is 5.14. The molecule has 8 heteroatoms. The van der Waals surface area contributed by atoms with Crippen LogP contribution in [0.5, 0.6) is 5.75 Å². The minimum atomic E-state index is -1.09. The van der Waals surface area contributed by atoms with E-state index in [4.69, 9.17) is 4.74 Å². The SMILES string of the molecule is COc1ccc(N2C(=O)CSC23C(=O)N(CN2CCN(Cc4ccccc4)CC2)c2ccccc23)cc1. The lowest BCUT2D eigenvalue weighted by Crippen LogP contribution is -2.54. The maximum absolute atomic E-state index is 14.3. The predicted molar refractivity (Wildman–Crippen MR) is 147 cm³/mol. The quantitative estimate of drug-likeness (QED) is 0.500. The number of ether oxygens (including phenoxy) is 1. The van der Waals surface area contributed by atoms with Crippen LogP contribution in [-0.4, -0.2) is 67.3 Å². The lowest BCUT2D eigenvalue weighted by Gasteiger charge is -2.37. The molecule has 6 rings (SSSR count). The first-order valence-corrected chi connectivity index (χ1v) is 13.6. The highest BCUT2D eigenvalue weighted by atomic mass is 32.2. The molecule has 3 aliphatic heterocycles. The molecule has 2 fully saturated rings. The summed E-state index contributed by atoms with van der Waals surface area (Å²) in [6, 6.07) is 25.8. The molecule has 0 N–H and O–H groups in total. The maximum Gasteiger partial charge on any atom is 0.269 e. The van der Waals surface area contributed by atoms with Crippen LogP contribution in [0.15, 0.2) is 78.9 Å². The zero-order valence-corrected chi connectivity index (χ0v) is 21.7. The van der Waals surface area contributed by atoms with Crippen molar-refractivity contribution in [1.29, 1.82) is 0 Å². The number of benzene rings is 3. The summed E-state index contributed by atoms with van der Waals surface area (Å²) in [6.07, 6.45) is 0. The van der Waals surface area contributed by atoms with E-state index in [0.717, 1.165) is 44.0 Å². The molecule has 7 nitrogen and oxygen atoms in total. The third kappa shape index (κ3) is 4.19. The summed E-state index contributed by atoms with van der Waals surface area (Å²) in [5.41, 5.74) is 3.80. The van der Waals surface area contributed by atoms with E-state index in [1.165, 1.54) is 17.3 Å². The van der Waals surface area contributed by atoms with Gasteiger partial charge in [0.25, 0.3) is 5.91 Å². The normalized spacial score (nSPS) is 22.2. The Morgan fingerprint density at radius 1 is 0.838 bits per heavy atom. The van der Waals surface area contributed by atoms with Crippen LogP contribution in [0.3, 0.4) is 0 Å². The van der Waals surface area contributed by atoms with Crippen LogP contribution in [-0.2, 0) is 21.0 Å². The fourth-order valence-electron chi connectivity index (χ4n) is 5.56. The van der Waals surface area contributed by atoms with Crippen molar-refractivity contribution in [2.45, 2.75) is 11.4 Å². The number of anilines is 2. The molecule has 0 saturated carbocycles. The minimum Gasteiger partial charge on any atom is -0.497 e. The molecule has 1 unspecified atom stereocenters. The molecule has 0 radical (unpaired) electrons. The fourth-order valence-corrected chi connectivity index (χ4v) is 6.92. The number of piperazine rings is 1. The van der Waals surface area contributed by atoms with Crippen molar-refractivity contribution in [3.05, 3.63) is 90.0 Å². The topological polar surface area (TPSA) is 56.3 Å². The van der Waals surface area contributed by atoms with E-state index in [9.17, 15) is 9.59 Å². The van der Waals surface area contributed by atoms with Crippen molar-refractivity contribution in [3.63, 3.8) is 0 Å². The summed E-state index contributed by atoms with van der Waals surface area (Å²) in [4.78, 5) is 34.8. The van der Waals surface area contributed by atoms with Gasteiger partial charge in [-0.15, -0.1) is 11.8 Å². The summed E-state index contributed by atoms with van der Waals surface area (Å²) in [5.74, 6) is 0.864. The van der Waals surface area contributed by atoms with Gasteiger partial charge >= 0.3 is 0 Å². The van der Waals surface area contributed by atoms with Gasteiger partial charge in [0.05, 0.1) is 25.2 Å². The zero-order chi connectivity index (χ0) is 25.4. The van der Waals surface area contributed by atoms with Crippen LogP contribution in [0.1, 0.15) is 11.1 Å². The first-order chi connectivity index (χ1) is 18.1. The second-order valence-corrected chi connectivity index (χ2v) is 10.8. The standard InChI is InChI=1S/C29H30N4O3S/c1-36-24-13-11-23(12-14-24)33-27(34)20-37-29(33)25-9-5-6-10-26(25)32(28(29)35)21-31-17-15-30(16-18-31)19-22-7-3-2-4-8-22/h2-14H,15-21H2,1H3. The Balaban J connectivity index is 1.23. The van der Waals surface area contributed by atoms with Crippen molar-refractivity contribution >= 4 is 35.0 Å². The Morgan fingerprint density at radius 2 is 1.51 bits per heavy atom. The first-order valence-electron chi connectivity index (χ1n) is 12.6. The molecule has 37 heavy (non-hydrogen) atoms. The number of hydrogen-bond donors (Lipinski definition) is 0. The average molecular weight is 515 g/mol. The lowest BCUT2D eigenvalue weighted by molar-refractivity contribution is -0.124. The van der Waals surface area contributed by atoms with Crippen LogP contribution in [0.2, 0.25) is 0 Å². The highest BCUT2D eigenvalue weighted by Gasteiger charge is 2.61. The van der Waals surface area contributed by atoms with Gasteiger partial charge in [0.15, 0.2) is 0 Å². The maximum atomic E-state index is 14.3. The van der Waals surface area contributed by atoms with E-state index in [-0.39, 0.29) is 17.6 Å². The Morgan fingerprint density at radius 3 is 2.24 bits per heavy atom. The molecule has 3 heterocycles. The number of fused-ring (bicyclic) bond motifs is 2. The van der Waals surface area contributed by atoms with Gasteiger partial charge in [-0.25, -0.2) is 0 Å². The van der Waals surface area contributed by atoms with Crippen LogP contribution >= 0.6 is 11.8 Å². The molecular formula is C29H30N4O3S. The molecule has 1 atom stereocenters. The number of carbonyl (C=O) groups is 2. The molecule has 3 aliphatic rings. The van der Waals surface area contributed by atoms with E-state index in [1.54, 1.807) is 12.0 Å². The second kappa shape index (κ2) is 9.85. The van der Waals surface area contributed by atoms with E-state index >= 15 is 0 Å². The summed E-state index contributed by atoms with van der Waals surface area (Å²) < 4.78 is 5.30. The third-order valence-corrected chi connectivity index (χ3v) is 8.84. The van der Waals surface area contributed by atoms with Crippen LogP contribution < -0.4 is 14.5 Å². The van der Waals surface area contributed by atoms with Gasteiger partial charge in [-0.1, -0.05) is 48.5 Å². The van der Waals surface area contributed by atoms with Crippen molar-refractivity contribution < 1.29 is 14.3 Å². The van der Waals surface area contributed by atoms with Gasteiger partial charge in [-0.05, 0) is 35.9 Å². The van der Waals surface area contributed by atoms with Gasteiger partial charge in [0.2, 0.25) is 10.8 Å². The summed E-state index contributed by atoms with van der Waals surface area (Å²) in [7, 11) is 1.61. The summed E-state index contributed by atoms with van der Waals surface area (Å²) in [5, 5.41) is 0. The van der Waals surface area contributed by atoms with Crippen molar-refractivity contribution in [2.24, 2.45) is 0 Å². The van der Waals surface area contributed by atoms with Crippen molar-refractivity contribution in [3.8, 4) is 5.75 Å². The fraction of sp³-hybridized carbons (Fsp3) is 0.310. The average Bonchev–Trinajstić information content (AvgIpc) is 3.41. The first kappa shape index (κ1) is 24.0. The second-order valence-electron chi connectivity index (χ2n) is 9.63. The largest absolute Gasteiger partial charge is 0.497 e. The molecule has 3 aromatic rings. The van der Waals surface area contributed by atoms with Crippen LogP contribution in [0, 0.1) is 0 Å². The number of hydrogen-bond acceptors (Lipinski definition) is 6. The highest BCUT2D eigenvalue weighted by Crippen LogP contribution is 2.55. The minimum absolute atomic E-state index is 0.0490. The number of rotatable bonds is 6. The molecule has 1 spiro atoms. The molecule has 2 amide bonds. The number of nitrogens with zero attached hydrogens (tertiary/aromatic N) is 4. The van der Waals surface area contributed by atoms with Crippen molar-refractivity contribution in [2.75, 3.05) is 55.5 Å².